The Bertz CT molecular complexity index is 1310. The molecule has 0 radical (unpaired) electrons. The second-order valence-corrected chi connectivity index (χ2v) is 10.4. The molecule has 1 unspecified atom stereocenters. The number of nitrogens with zero attached hydrogens (tertiary/aromatic N) is 5. The van der Waals surface area contributed by atoms with Crippen molar-refractivity contribution in [2.24, 2.45) is 0 Å². The number of benzene rings is 1. The minimum atomic E-state index is -0.884. The van der Waals surface area contributed by atoms with E-state index in [2.05, 4.69) is 19.9 Å². The summed E-state index contributed by atoms with van der Waals surface area (Å²) in [5.74, 6) is -0.552. The van der Waals surface area contributed by atoms with Gasteiger partial charge in [0.1, 0.15) is 29.9 Å². The highest BCUT2D eigenvalue weighted by Gasteiger charge is 2.49. The van der Waals surface area contributed by atoms with Crippen LogP contribution in [0.2, 0.25) is 5.02 Å². The van der Waals surface area contributed by atoms with E-state index in [4.69, 9.17) is 16.3 Å². The van der Waals surface area contributed by atoms with Gasteiger partial charge in [0.25, 0.3) is 0 Å². The number of pyridine rings is 1. The Balaban J connectivity index is 1.40. The molecule has 184 valence electrons. The van der Waals surface area contributed by atoms with Crippen LogP contribution < -0.4 is 9.64 Å². The number of aromatic nitrogens is 3. The molecule has 10 heteroatoms. The second-order valence-electron chi connectivity index (χ2n) is 9.92. The first-order chi connectivity index (χ1) is 16.8. The molecular formula is C25H25ClF3N5O. The summed E-state index contributed by atoms with van der Waals surface area (Å²) in [6.07, 6.45) is 4.78. The quantitative estimate of drug-likeness (QED) is 0.507. The van der Waals surface area contributed by atoms with Crippen LogP contribution in [0.3, 0.4) is 0 Å². The van der Waals surface area contributed by atoms with Crippen LogP contribution in [0.25, 0.3) is 10.9 Å². The number of anilines is 1. The standard InChI is InChI=1S/C25H25ClF3N5O/c1-14-5-15-9-30-10-21(29)19(15)12-34(14)23-18-6-16(26)7-20(28)22(18)31-24(32-23)35-13-25-3-2-4-33(25)11-17(27)8-25/h6-7,9-10,14,17H,2-5,8,11-13H2,1H3/t14?,17-,25+/m1/s1. The number of alkyl halides is 1. The molecule has 6 rings (SSSR count). The van der Waals surface area contributed by atoms with Gasteiger partial charge in [0.2, 0.25) is 0 Å². The fourth-order valence-corrected chi connectivity index (χ4v) is 6.15. The molecule has 0 spiro atoms. The summed E-state index contributed by atoms with van der Waals surface area (Å²) in [6.45, 7) is 3.72. The van der Waals surface area contributed by atoms with Crippen LogP contribution in [-0.2, 0) is 13.0 Å². The van der Waals surface area contributed by atoms with Crippen molar-refractivity contribution in [2.75, 3.05) is 24.6 Å². The lowest BCUT2D eigenvalue weighted by Crippen LogP contribution is -2.43. The molecule has 5 heterocycles. The van der Waals surface area contributed by atoms with Gasteiger partial charge in [-0.15, -0.1) is 0 Å². The molecule has 2 fully saturated rings. The van der Waals surface area contributed by atoms with Gasteiger partial charge in [-0.1, -0.05) is 11.6 Å². The van der Waals surface area contributed by atoms with Crippen LogP contribution in [0.4, 0.5) is 19.0 Å². The largest absolute Gasteiger partial charge is 0.461 e. The van der Waals surface area contributed by atoms with Crippen molar-refractivity contribution in [2.45, 2.75) is 56.9 Å². The zero-order valence-corrected chi connectivity index (χ0v) is 20.0. The molecule has 1 aromatic carbocycles. The summed E-state index contributed by atoms with van der Waals surface area (Å²) in [5, 5.41) is 0.645. The molecule has 0 amide bonds. The number of halogens is 4. The maximum absolute atomic E-state index is 15.0. The Kier molecular flexibility index (Phi) is 5.52. The molecule has 0 N–H and O–H groups in total. The van der Waals surface area contributed by atoms with Crippen molar-refractivity contribution in [1.29, 1.82) is 0 Å². The van der Waals surface area contributed by atoms with Gasteiger partial charge in [-0.2, -0.15) is 9.97 Å². The number of hydrogen-bond donors (Lipinski definition) is 0. The highest BCUT2D eigenvalue weighted by atomic mass is 35.5. The topological polar surface area (TPSA) is 54.4 Å². The SMILES string of the molecule is CC1Cc2cncc(F)c2CN1c1nc(OC[C@@]23CCCN2C[C@H](F)C3)nc2c(F)cc(Cl)cc12. The van der Waals surface area contributed by atoms with Crippen molar-refractivity contribution < 1.29 is 17.9 Å². The minimum absolute atomic E-state index is 0.0189. The Morgan fingerprint density at radius 3 is 2.91 bits per heavy atom. The van der Waals surface area contributed by atoms with E-state index in [9.17, 15) is 8.78 Å². The molecule has 3 atom stereocenters. The lowest BCUT2D eigenvalue weighted by molar-refractivity contribution is 0.107. The maximum Gasteiger partial charge on any atom is 0.319 e. The molecule has 0 aliphatic carbocycles. The molecule has 2 saturated heterocycles. The molecular weight excluding hydrogens is 479 g/mol. The van der Waals surface area contributed by atoms with E-state index in [1.165, 1.54) is 12.3 Å². The Hall–Kier alpha value is -2.65. The summed E-state index contributed by atoms with van der Waals surface area (Å²) >= 11 is 6.18. The second kappa shape index (κ2) is 8.48. The zero-order valence-electron chi connectivity index (χ0n) is 19.3. The Morgan fingerprint density at radius 1 is 1.20 bits per heavy atom. The average molecular weight is 504 g/mol. The van der Waals surface area contributed by atoms with Crippen molar-refractivity contribution in [1.82, 2.24) is 19.9 Å². The molecule has 0 bridgehead atoms. The summed E-state index contributed by atoms with van der Waals surface area (Å²) in [7, 11) is 0. The van der Waals surface area contributed by atoms with E-state index in [0.29, 0.717) is 36.2 Å². The van der Waals surface area contributed by atoms with E-state index in [1.54, 1.807) is 12.3 Å². The first kappa shape index (κ1) is 22.8. The summed E-state index contributed by atoms with van der Waals surface area (Å²) < 4.78 is 49.8. The number of rotatable bonds is 4. The predicted molar refractivity (Wildman–Crippen MR) is 127 cm³/mol. The Morgan fingerprint density at radius 2 is 2.06 bits per heavy atom. The lowest BCUT2D eigenvalue weighted by atomic mass is 9.95. The van der Waals surface area contributed by atoms with Crippen molar-refractivity contribution >= 4 is 28.3 Å². The van der Waals surface area contributed by atoms with Gasteiger partial charge >= 0.3 is 6.01 Å². The molecule has 35 heavy (non-hydrogen) atoms. The smallest absolute Gasteiger partial charge is 0.319 e. The summed E-state index contributed by atoms with van der Waals surface area (Å²) in [5.41, 5.74) is 1.08. The van der Waals surface area contributed by atoms with Crippen molar-refractivity contribution in [3.63, 3.8) is 0 Å². The minimum Gasteiger partial charge on any atom is -0.461 e. The third kappa shape index (κ3) is 3.89. The molecule has 6 nitrogen and oxygen atoms in total. The van der Waals surface area contributed by atoms with E-state index in [-0.39, 0.29) is 47.1 Å². The molecule has 3 aromatic rings. The van der Waals surface area contributed by atoms with Gasteiger partial charge < -0.3 is 9.64 Å². The third-order valence-electron chi connectivity index (χ3n) is 7.65. The van der Waals surface area contributed by atoms with Gasteiger partial charge in [0.15, 0.2) is 5.82 Å². The monoisotopic (exact) mass is 503 g/mol. The van der Waals surface area contributed by atoms with E-state index in [1.807, 2.05) is 11.8 Å². The number of hydrogen-bond acceptors (Lipinski definition) is 6. The normalized spacial score (nSPS) is 26.3. The van der Waals surface area contributed by atoms with Crippen LogP contribution in [0.1, 0.15) is 37.3 Å². The average Bonchev–Trinajstić information content (AvgIpc) is 3.33. The van der Waals surface area contributed by atoms with Gasteiger partial charge in [0, 0.05) is 47.7 Å². The summed E-state index contributed by atoms with van der Waals surface area (Å²) in [4.78, 5) is 17.1. The summed E-state index contributed by atoms with van der Waals surface area (Å²) in [6, 6.07) is 2.77. The maximum atomic E-state index is 15.0. The van der Waals surface area contributed by atoms with Crippen LogP contribution in [0, 0.1) is 11.6 Å². The predicted octanol–water partition coefficient (Wildman–Crippen LogP) is 4.86. The molecule has 3 aliphatic rings. The van der Waals surface area contributed by atoms with Crippen molar-refractivity contribution in [3.05, 3.63) is 52.3 Å². The first-order valence-corrected chi connectivity index (χ1v) is 12.3. The Labute approximate surface area is 206 Å². The van der Waals surface area contributed by atoms with Gasteiger partial charge in [0.05, 0.1) is 11.7 Å². The fraction of sp³-hybridized carbons (Fsp3) is 0.480. The molecule has 3 aliphatic heterocycles. The van der Waals surface area contributed by atoms with Gasteiger partial charge in [-0.05, 0) is 50.4 Å². The number of ether oxygens (including phenoxy) is 1. The lowest BCUT2D eigenvalue weighted by Gasteiger charge is -2.36. The first-order valence-electron chi connectivity index (χ1n) is 11.9. The highest BCUT2D eigenvalue weighted by Crippen LogP contribution is 2.41. The van der Waals surface area contributed by atoms with E-state index >= 15 is 4.39 Å². The fourth-order valence-electron chi connectivity index (χ4n) is 5.95. The van der Waals surface area contributed by atoms with Crippen LogP contribution in [-0.4, -0.2) is 57.3 Å². The molecule has 0 saturated carbocycles. The molecule has 2 aromatic heterocycles. The van der Waals surface area contributed by atoms with Crippen LogP contribution in [0.15, 0.2) is 24.5 Å². The number of fused-ring (bicyclic) bond motifs is 3. The zero-order chi connectivity index (χ0) is 24.3. The van der Waals surface area contributed by atoms with E-state index in [0.717, 1.165) is 24.9 Å². The van der Waals surface area contributed by atoms with Gasteiger partial charge in [-0.3, -0.25) is 9.88 Å². The van der Waals surface area contributed by atoms with Crippen molar-refractivity contribution in [3.8, 4) is 6.01 Å². The third-order valence-corrected chi connectivity index (χ3v) is 7.87. The van der Waals surface area contributed by atoms with E-state index < -0.39 is 12.0 Å². The van der Waals surface area contributed by atoms with Crippen LogP contribution >= 0.6 is 11.6 Å². The highest BCUT2D eigenvalue weighted by molar-refractivity contribution is 6.31. The van der Waals surface area contributed by atoms with Crippen LogP contribution in [0.5, 0.6) is 6.01 Å². The van der Waals surface area contributed by atoms with Gasteiger partial charge in [-0.25, -0.2) is 13.2 Å².